The second kappa shape index (κ2) is 4.01. The number of aliphatic hydroxyl groups is 4. The van der Waals surface area contributed by atoms with Crippen molar-refractivity contribution in [3.63, 3.8) is 0 Å². The standard InChI is InChI=1S/C13H12O6/c14-8-4-7(11(15)13(17)12(8)16)6-1-2-9-10(3-6)19-5-18-9/h1-3,7,14-17H,4-5H2. The molecule has 6 heteroatoms. The van der Waals surface area contributed by atoms with Crippen LogP contribution in [0.1, 0.15) is 17.9 Å². The van der Waals surface area contributed by atoms with E-state index < -0.39 is 17.4 Å². The van der Waals surface area contributed by atoms with E-state index in [0.717, 1.165) is 0 Å². The van der Waals surface area contributed by atoms with Crippen molar-refractivity contribution in [3.8, 4) is 11.5 Å². The first-order chi connectivity index (χ1) is 9.08. The van der Waals surface area contributed by atoms with Gasteiger partial charge in [-0.1, -0.05) is 6.07 Å². The molecular weight excluding hydrogens is 252 g/mol. The number of hydrogen-bond donors (Lipinski definition) is 4. The lowest BCUT2D eigenvalue weighted by molar-refractivity contribution is 0.174. The molecule has 1 aromatic carbocycles. The van der Waals surface area contributed by atoms with E-state index in [0.29, 0.717) is 17.1 Å². The van der Waals surface area contributed by atoms with Gasteiger partial charge in [0.2, 0.25) is 6.79 Å². The van der Waals surface area contributed by atoms with Gasteiger partial charge in [-0.2, -0.15) is 0 Å². The van der Waals surface area contributed by atoms with Crippen LogP contribution in [0.5, 0.6) is 11.5 Å². The largest absolute Gasteiger partial charge is 0.508 e. The summed E-state index contributed by atoms with van der Waals surface area (Å²) in [6.07, 6.45) is 0.00136. The Morgan fingerprint density at radius 2 is 1.68 bits per heavy atom. The summed E-state index contributed by atoms with van der Waals surface area (Å²) < 4.78 is 10.4. The highest BCUT2D eigenvalue weighted by Gasteiger charge is 2.31. The predicted molar refractivity (Wildman–Crippen MR) is 64.5 cm³/mol. The van der Waals surface area contributed by atoms with Crippen molar-refractivity contribution in [2.75, 3.05) is 6.79 Å². The van der Waals surface area contributed by atoms with Crippen molar-refractivity contribution in [3.05, 3.63) is 46.8 Å². The van der Waals surface area contributed by atoms with Gasteiger partial charge in [-0.05, 0) is 17.7 Å². The minimum absolute atomic E-state index is 0.00136. The fourth-order valence-electron chi connectivity index (χ4n) is 2.22. The predicted octanol–water partition coefficient (Wildman–Crippen LogP) is 2.56. The molecule has 19 heavy (non-hydrogen) atoms. The minimum Gasteiger partial charge on any atom is -0.508 e. The summed E-state index contributed by atoms with van der Waals surface area (Å²) in [4.78, 5) is 0. The van der Waals surface area contributed by atoms with Crippen molar-refractivity contribution in [2.45, 2.75) is 12.3 Å². The van der Waals surface area contributed by atoms with Gasteiger partial charge < -0.3 is 29.9 Å². The second-order valence-electron chi connectivity index (χ2n) is 4.40. The molecule has 6 nitrogen and oxygen atoms in total. The van der Waals surface area contributed by atoms with Crippen LogP contribution in [0.4, 0.5) is 0 Å². The van der Waals surface area contributed by atoms with Crippen LogP contribution in [0.25, 0.3) is 0 Å². The topological polar surface area (TPSA) is 99.4 Å². The molecule has 3 rings (SSSR count). The quantitative estimate of drug-likeness (QED) is 0.622. The lowest BCUT2D eigenvalue weighted by atomic mass is 9.88. The van der Waals surface area contributed by atoms with E-state index in [9.17, 15) is 20.4 Å². The van der Waals surface area contributed by atoms with E-state index in [4.69, 9.17) is 9.47 Å². The van der Waals surface area contributed by atoms with Crippen molar-refractivity contribution in [1.82, 2.24) is 0 Å². The third-order valence-corrected chi connectivity index (χ3v) is 3.27. The van der Waals surface area contributed by atoms with Gasteiger partial charge in [-0.25, -0.2) is 0 Å². The second-order valence-corrected chi connectivity index (χ2v) is 4.40. The van der Waals surface area contributed by atoms with E-state index in [-0.39, 0.29) is 24.7 Å². The Bertz CT molecular complexity index is 601. The van der Waals surface area contributed by atoms with Crippen LogP contribution in [0, 0.1) is 0 Å². The van der Waals surface area contributed by atoms with E-state index in [1.807, 2.05) is 0 Å². The summed E-state index contributed by atoms with van der Waals surface area (Å²) in [6.45, 7) is 0.141. The molecule has 1 aliphatic heterocycles. The Balaban J connectivity index is 2.00. The lowest BCUT2D eigenvalue weighted by Crippen LogP contribution is -2.14. The highest BCUT2D eigenvalue weighted by atomic mass is 16.7. The van der Waals surface area contributed by atoms with Crippen LogP contribution in [0.2, 0.25) is 0 Å². The van der Waals surface area contributed by atoms with Crippen molar-refractivity contribution in [1.29, 1.82) is 0 Å². The normalized spacial score (nSPS) is 22.0. The molecule has 0 fully saturated rings. The molecule has 1 unspecified atom stereocenters. The average molecular weight is 264 g/mol. The highest BCUT2D eigenvalue weighted by molar-refractivity contribution is 5.48. The van der Waals surface area contributed by atoms with E-state index in [1.54, 1.807) is 18.2 Å². The number of rotatable bonds is 1. The third kappa shape index (κ3) is 1.72. The summed E-state index contributed by atoms with van der Waals surface area (Å²) in [5, 5.41) is 38.3. The Kier molecular flexibility index (Phi) is 2.45. The zero-order chi connectivity index (χ0) is 13.6. The highest BCUT2D eigenvalue weighted by Crippen LogP contribution is 2.41. The van der Waals surface area contributed by atoms with Gasteiger partial charge in [-0.15, -0.1) is 0 Å². The van der Waals surface area contributed by atoms with Crippen molar-refractivity contribution >= 4 is 0 Å². The molecule has 0 saturated heterocycles. The number of hydrogen-bond acceptors (Lipinski definition) is 6. The van der Waals surface area contributed by atoms with Crippen LogP contribution in [-0.2, 0) is 0 Å². The maximum atomic E-state index is 9.88. The summed E-state index contributed by atoms with van der Waals surface area (Å²) in [7, 11) is 0. The lowest BCUT2D eigenvalue weighted by Gasteiger charge is -2.22. The molecular formula is C13H12O6. The van der Waals surface area contributed by atoms with Crippen LogP contribution in [0.15, 0.2) is 41.2 Å². The van der Waals surface area contributed by atoms with Crippen LogP contribution >= 0.6 is 0 Å². The Labute approximate surface area is 108 Å². The van der Waals surface area contributed by atoms with E-state index >= 15 is 0 Å². The number of allylic oxidation sites excluding steroid dienone is 2. The molecule has 1 aliphatic carbocycles. The molecule has 100 valence electrons. The smallest absolute Gasteiger partial charge is 0.231 e. The Morgan fingerprint density at radius 3 is 2.47 bits per heavy atom. The van der Waals surface area contributed by atoms with E-state index in [2.05, 4.69) is 0 Å². The zero-order valence-corrected chi connectivity index (χ0v) is 9.83. The molecule has 0 bridgehead atoms. The number of aliphatic hydroxyl groups excluding tert-OH is 4. The first-order valence-corrected chi connectivity index (χ1v) is 5.71. The molecule has 0 aromatic heterocycles. The SMILES string of the molecule is OC1=C(O)C(O)=C(O)C(c2ccc3c(c2)OCO3)C1. The van der Waals surface area contributed by atoms with Crippen molar-refractivity contribution < 1.29 is 29.9 Å². The van der Waals surface area contributed by atoms with Gasteiger partial charge in [0.15, 0.2) is 23.0 Å². The monoisotopic (exact) mass is 264 g/mol. The summed E-state index contributed by atoms with van der Waals surface area (Å²) >= 11 is 0. The van der Waals surface area contributed by atoms with Gasteiger partial charge in [0, 0.05) is 6.42 Å². The molecule has 1 heterocycles. The van der Waals surface area contributed by atoms with Gasteiger partial charge in [0.05, 0.1) is 5.92 Å². The zero-order valence-electron chi connectivity index (χ0n) is 9.83. The molecule has 1 atom stereocenters. The first kappa shape index (κ1) is 11.6. The number of ether oxygens (including phenoxy) is 2. The fraction of sp³-hybridized carbons (Fsp3) is 0.231. The molecule has 1 aromatic rings. The number of fused-ring (bicyclic) bond motifs is 1. The molecule has 0 saturated carbocycles. The van der Waals surface area contributed by atoms with Gasteiger partial charge in [0.25, 0.3) is 0 Å². The molecule has 0 radical (unpaired) electrons. The third-order valence-electron chi connectivity index (χ3n) is 3.27. The van der Waals surface area contributed by atoms with Crippen LogP contribution in [-0.4, -0.2) is 27.2 Å². The molecule has 2 aliphatic rings. The van der Waals surface area contributed by atoms with Gasteiger partial charge in [-0.3, -0.25) is 0 Å². The van der Waals surface area contributed by atoms with Crippen molar-refractivity contribution in [2.24, 2.45) is 0 Å². The summed E-state index contributed by atoms with van der Waals surface area (Å²) in [6, 6.07) is 5.07. The maximum absolute atomic E-state index is 9.88. The van der Waals surface area contributed by atoms with Crippen LogP contribution < -0.4 is 9.47 Å². The minimum atomic E-state index is -0.702. The van der Waals surface area contributed by atoms with E-state index in [1.165, 1.54) is 0 Å². The Morgan fingerprint density at radius 1 is 0.947 bits per heavy atom. The van der Waals surface area contributed by atoms with Crippen LogP contribution in [0.3, 0.4) is 0 Å². The Hall–Kier alpha value is -2.50. The molecule has 4 N–H and O–H groups in total. The van der Waals surface area contributed by atoms with Gasteiger partial charge >= 0.3 is 0 Å². The average Bonchev–Trinajstić information content (AvgIpc) is 2.87. The molecule has 0 spiro atoms. The maximum Gasteiger partial charge on any atom is 0.231 e. The first-order valence-electron chi connectivity index (χ1n) is 5.71. The number of benzene rings is 1. The summed E-state index contributed by atoms with van der Waals surface area (Å²) in [5.74, 6) is -1.61. The summed E-state index contributed by atoms with van der Waals surface area (Å²) in [5.41, 5.74) is 0.646. The van der Waals surface area contributed by atoms with Gasteiger partial charge in [0.1, 0.15) is 11.5 Å². The fourth-order valence-corrected chi connectivity index (χ4v) is 2.22. The molecule has 0 amide bonds.